The molecule has 0 atom stereocenters. The molecule has 24 heavy (non-hydrogen) atoms. The fourth-order valence-corrected chi connectivity index (χ4v) is 4.05. The van der Waals surface area contributed by atoms with Crippen molar-refractivity contribution in [3.05, 3.63) is 71.8 Å². The lowest BCUT2D eigenvalue weighted by Gasteiger charge is -2.18. The van der Waals surface area contributed by atoms with Crippen molar-refractivity contribution in [2.75, 3.05) is 0 Å². The van der Waals surface area contributed by atoms with E-state index in [1.807, 2.05) is 0 Å². The van der Waals surface area contributed by atoms with Crippen molar-refractivity contribution in [2.24, 2.45) is 0 Å². The summed E-state index contributed by atoms with van der Waals surface area (Å²) in [5.41, 5.74) is 2.68. The molecule has 0 radical (unpaired) electrons. The third-order valence-electron chi connectivity index (χ3n) is 4.29. The molecule has 0 aliphatic carbocycles. The molecule has 0 saturated carbocycles. The van der Waals surface area contributed by atoms with Crippen LogP contribution in [0.4, 0.5) is 0 Å². The highest BCUT2D eigenvalue weighted by molar-refractivity contribution is 6.30. The van der Waals surface area contributed by atoms with Gasteiger partial charge in [-0.15, -0.1) is 0 Å². The van der Waals surface area contributed by atoms with Gasteiger partial charge in [0.15, 0.2) is 0 Å². The van der Waals surface area contributed by atoms with Gasteiger partial charge in [-0.25, -0.2) is 0 Å². The van der Waals surface area contributed by atoms with Gasteiger partial charge in [0, 0.05) is 12.3 Å². The number of rotatable bonds is 10. The van der Waals surface area contributed by atoms with Crippen LogP contribution in [0.1, 0.15) is 56.1 Å². The number of benzene rings is 2. The number of carbonyl (C=O) groups is 1. The molecule has 2 aromatic carbocycles. The summed E-state index contributed by atoms with van der Waals surface area (Å²) in [5, 5.41) is 0. The highest BCUT2D eigenvalue weighted by Gasteiger charge is 2.14. The van der Waals surface area contributed by atoms with Crippen molar-refractivity contribution in [3.8, 4) is 0 Å². The molecule has 0 fully saturated rings. The van der Waals surface area contributed by atoms with Gasteiger partial charge in [0.1, 0.15) is 0 Å². The number of hydrogen-bond acceptors (Lipinski definition) is 2. The van der Waals surface area contributed by atoms with E-state index in [1.165, 1.54) is 11.1 Å². The van der Waals surface area contributed by atoms with E-state index in [1.54, 1.807) is 0 Å². The highest BCUT2D eigenvalue weighted by Crippen LogP contribution is 2.29. The van der Waals surface area contributed by atoms with Crippen molar-refractivity contribution in [1.29, 1.82) is 0 Å². The maximum atomic E-state index is 11.7. The van der Waals surface area contributed by atoms with Crippen molar-refractivity contribution in [1.82, 2.24) is 0 Å². The first kappa shape index (κ1) is 18.5. The van der Waals surface area contributed by atoms with Gasteiger partial charge in [0.05, 0.1) is 0 Å². The minimum atomic E-state index is -0.773. The first-order chi connectivity index (χ1) is 11.8. The smallest absolute Gasteiger partial charge is 0.292 e. The molecule has 0 unspecified atom stereocenters. The van der Waals surface area contributed by atoms with Crippen LogP contribution >= 0.6 is 0 Å². The first-order valence-electron chi connectivity index (χ1n) is 9.06. The summed E-state index contributed by atoms with van der Waals surface area (Å²) in [6.45, 7) is 2.15. The van der Waals surface area contributed by atoms with E-state index >= 15 is 0 Å². The number of unbranched alkanes of at least 4 members (excludes halogenated alkanes) is 2. The third kappa shape index (κ3) is 6.32. The lowest BCUT2D eigenvalue weighted by atomic mass is 9.89. The standard InChI is InChI=1S/C21H28O2Si/c1-2-3-6-15-21(22)23-24-17-16-20(18-11-7-4-8-12-18)19-13-9-5-10-14-19/h4-5,7-14,20H,2-3,6,15-17,24H2,1H3. The van der Waals surface area contributed by atoms with Crippen LogP contribution in [0, 0.1) is 0 Å². The van der Waals surface area contributed by atoms with Crippen LogP contribution in [0.15, 0.2) is 60.7 Å². The van der Waals surface area contributed by atoms with Crippen molar-refractivity contribution in [3.63, 3.8) is 0 Å². The van der Waals surface area contributed by atoms with Crippen molar-refractivity contribution in [2.45, 2.75) is 51.0 Å². The Kier molecular flexibility index (Phi) is 8.32. The van der Waals surface area contributed by atoms with Gasteiger partial charge in [-0.1, -0.05) is 80.4 Å². The molecule has 0 saturated heterocycles. The van der Waals surface area contributed by atoms with E-state index in [4.69, 9.17) is 4.43 Å². The van der Waals surface area contributed by atoms with Gasteiger partial charge < -0.3 is 4.43 Å². The van der Waals surface area contributed by atoms with Crippen LogP contribution in [0.2, 0.25) is 6.04 Å². The van der Waals surface area contributed by atoms with Gasteiger partial charge in [-0.3, -0.25) is 4.79 Å². The Hall–Kier alpha value is -1.87. The summed E-state index contributed by atoms with van der Waals surface area (Å²) in [7, 11) is -0.773. The monoisotopic (exact) mass is 340 g/mol. The summed E-state index contributed by atoms with van der Waals surface area (Å²) in [6.07, 6.45) is 4.84. The number of hydrogen-bond donors (Lipinski definition) is 0. The van der Waals surface area contributed by atoms with Gasteiger partial charge in [0.2, 0.25) is 9.76 Å². The third-order valence-corrected chi connectivity index (χ3v) is 5.51. The Morgan fingerprint density at radius 3 is 2.08 bits per heavy atom. The molecule has 0 amide bonds. The minimum absolute atomic E-state index is 0.00564. The molecule has 2 nitrogen and oxygen atoms in total. The fourth-order valence-electron chi connectivity index (χ4n) is 2.96. The van der Waals surface area contributed by atoms with Gasteiger partial charge in [-0.2, -0.15) is 0 Å². The zero-order valence-electron chi connectivity index (χ0n) is 14.6. The molecule has 0 bridgehead atoms. The second-order valence-corrected chi connectivity index (χ2v) is 7.60. The Bertz CT molecular complexity index is 544. The number of carbonyl (C=O) groups excluding carboxylic acids is 1. The van der Waals surface area contributed by atoms with Gasteiger partial charge >= 0.3 is 0 Å². The summed E-state index contributed by atoms with van der Waals surface area (Å²) < 4.78 is 5.51. The van der Waals surface area contributed by atoms with Gasteiger partial charge in [-0.05, 0) is 30.0 Å². The summed E-state index contributed by atoms with van der Waals surface area (Å²) in [6, 6.07) is 22.3. The summed E-state index contributed by atoms with van der Waals surface area (Å²) >= 11 is 0. The zero-order chi connectivity index (χ0) is 17.0. The Morgan fingerprint density at radius 1 is 0.958 bits per heavy atom. The van der Waals surface area contributed by atoms with Crippen LogP contribution in [-0.2, 0) is 9.22 Å². The van der Waals surface area contributed by atoms with Crippen LogP contribution in [0.3, 0.4) is 0 Å². The van der Waals surface area contributed by atoms with Crippen LogP contribution in [0.25, 0.3) is 0 Å². The molecule has 2 aromatic rings. The van der Waals surface area contributed by atoms with Crippen molar-refractivity contribution >= 4 is 15.7 Å². The molecule has 0 aromatic heterocycles. The Morgan fingerprint density at radius 2 is 1.54 bits per heavy atom. The molecule has 2 rings (SSSR count). The fraction of sp³-hybridized carbons (Fsp3) is 0.381. The molecule has 0 aliphatic heterocycles. The zero-order valence-corrected chi connectivity index (χ0v) is 16.0. The average Bonchev–Trinajstić information content (AvgIpc) is 2.63. The molecule has 3 heteroatoms. The largest absolute Gasteiger partial charge is 0.525 e. The maximum Gasteiger partial charge on any atom is 0.292 e. The Balaban J connectivity index is 1.85. The van der Waals surface area contributed by atoms with Crippen LogP contribution < -0.4 is 0 Å². The molecular formula is C21H28O2Si. The average molecular weight is 341 g/mol. The predicted molar refractivity (Wildman–Crippen MR) is 103 cm³/mol. The summed E-state index contributed by atoms with van der Waals surface area (Å²) in [4.78, 5) is 11.7. The van der Waals surface area contributed by atoms with Gasteiger partial charge in [0.25, 0.3) is 5.97 Å². The lowest BCUT2D eigenvalue weighted by molar-refractivity contribution is -0.134. The van der Waals surface area contributed by atoms with Crippen molar-refractivity contribution < 1.29 is 9.22 Å². The van der Waals surface area contributed by atoms with E-state index < -0.39 is 9.76 Å². The minimum Gasteiger partial charge on any atom is -0.525 e. The Labute approximate surface area is 148 Å². The van der Waals surface area contributed by atoms with E-state index in [9.17, 15) is 4.79 Å². The first-order valence-corrected chi connectivity index (χ1v) is 10.6. The van der Waals surface area contributed by atoms with E-state index in [-0.39, 0.29) is 5.97 Å². The highest BCUT2D eigenvalue weighted by atomic mass is 28.2. The summed E-state index contributed by atoms with van der Waals surface area (Å²) in [5.74, 6) is 0.393. The SMILES string of the molecule is CCCCCC(=O)O[SiH2]CCC(c1ccccc1)c1ccccc1. The molecule has 0 heterocycles. The molecule has 0 N–H and O–H groups in total. The molecule has 0 aliphatic rings. The molecular weight excluding hydrogens is 312 g/mol. The normalized spacial score (nSPS) is 11.2. The van der Waals surface area contributed by atoms with E-state index in [2.05, 4.69) is 67.6 Å². The second kappa shape index (κ2) is 10.8. The molecule has 0 spiro atoms. The predicted octanol–water partition coefficient (Wildman–Crippen LogP) is 4.83. The van der Waals surface area contributed by atoms with Crippen LogP contribution in [0.5, 0.6) is 0 Å². The topological polar surface area (TPSA) is 26.3 Å². The van der Waals surface area contributed by atoms with E-state index in [0.29, 0.717) is 12.3 Å². The van der Waals surface area contributed by atoms with E-state index in [0.717, 1.165) is 31.7 Å². The lowest BCUT2D eigenvalue weighted by Crippen LogP contribution is -2.10. The molecule has 128 valence electrons. The second-order valence-electron chi connectivity index (χ2n) is 6.19. The maximum absolute atomic E-state index is 11.7. The quantitative estimate of drug-likeness (QED) is 0.457. The van der Waals surface area contributed by atoms with Crippen LogP contribution in [-0.4, -0.2) is 15.7 Å².